The van der Waals surface area contributed by atoms with Crippen LogP contribution in [0.3, 0.4) is 0 Å². The van der Waals surface area contributed by atoms with E-state index in [0.717, 1.165) is 16.7 Å². The van der Waals surface area contributed by atoms with Crippen LogP contribution in [-0.4, -0.2) is 37.6 Å². The van der Waals surface area contributed by atoms with E-state index < -0.39 is 0 Å². The molecule has 32 heavy (non-hydrogen) atoms. The topological polar surface area (TPSA) is 62.9 Å². The van der Waals surface area contributed by atoms with Gasteiger partial charge in [-0.2, -0.15) is 0 Å². The summed E-state index contributed by atoms with van der Waals surface area (Å²) in [7, 11) is 0. The molecule has 1 aliphatic heterocycles. The van der Waals surface area contributed by atoms with E-state index in [1.165, 1.54) is 0 Å². The molecule has 3 aromatic carbocycles. The highest BCUT2D eigenvalue weighted by Gasteiger charge is 2.41. The summed E-state index contributed by atoms with van der Waals surface area (Å²) >= 11 is 0. The van der Waals surface area contributed by atoms with Crippen molar-refractivity contribution in [1.29, 1.82) is 0 Å². The highest BCUT2D eigenvalue weighted by atomic mass is 16.6. The highest BCUT2D eigenvalue weighted by molar-refractivity contribution is 5.15. The van der Waals surface area contributed by atoms with Gasteiger partial charge in [0.05, 0.1) is 39.1 Å². The van der Waals surface area contributed by atoms with E-state index in [2.05, 4.69) is 0 Å². The fourth-order valence-corrected chi connectivity index (χ4v) is 3.84. The van der Waals surface area contributed by atoms with Crippen molar-refractivity contribution in [2.24, 2.45) is 5.73 Å². The Labute approximate surface area is 190 Å². The number of benzene rings is 3. The van der Waals surface area contributed by atoms with Crippen LogP contribution in [0.2, 0.25) is 0 Å². The second kappa shape index (κ2) is 11.9. The van der Waals surface area contributed by atoms with Gasteiger partial charge in [-0.3, -0.25) is 0 Å². The van der Waals surface area contributed by atoms with Gasteiger partial charge in [-0.15, -0.1) is 0 Å². The molecule has 0 amide bonds. The summed E-state index contributed by atoms with van der Waals surface area (Å²) in [5.41, 5.74) is 9.73. The third kappa shape index (κ3) is 6.48. The van der Waals surface area contributed by atoms with Gasteiger partial charge >= 0.3 is 0 Å². The molecule has 0 radical (unpaired) electrons. The average Bonchev–Trinajstić information content (AvgIpc) is 2.85. The van der Waals surface area contributed by atoms with Crippen molar-refractivity contribution < 1.29 is 18.9 Å². The largest absolute Gasteiger partial charge is 0.374 e. The molecular formula is C27H31NO4. The predicted molar refractivity (Wildman–Crippen MR) is 124 cm³/mol. The SMILES string of the molecule is NC1COC(COCc2ccccc2)C(OCc2ccccc2)C1OCc1ccccc1. The van der Waals surface area contributed by atoms with Crippen LogP contribution < -0.4 is 5.73 Å². The van der Waals surface area contributed by atoms with Gasteiger partial charge in [-0.25, -0.2) is 0 Å². The van der Waals surface area contributed by atoms with E-state index in [9.17, 15) is 0 Å². The molecular weight excluding hydrogens is 402 g/mol. The molecule has 4 unspecified atom stereocenters. The van der Waals surface area contributed by atoms with Crippen molar-refractivity contribution in [2.45, 2.75) is 44.2 Å². The first kappa shape index (κ1) is 22.6. The standard InChI is InChI=1S/C27H31NO4/c28-24-19-30-25(20-29-16-21-10-4-1-5-11-21)27(32-18-23-14-8-3-9-15-23)26(24)31-17-22-12-6-2-7-13-22/h1-15,24-27H,16-20,28H2. The summed E-state index contributed by atoms with van der Waals surface area (Å²) < 4.78 is 24.7. The molecule has 4 atom stereocenters. The zero-order valence-corrected chi connectivity index (χ0v) is 18.2. The van der Waals surface area contributed by atoms with Crippen LogP contribution in [0.25, 0.3) is 0 Å². The van der Waals surface area contributed by atoms with Crippen molar-refractivity contribution in [3.63, 3.8) is 0 Å². The van der Waals surface area contributed by atoms with Crippen LogP contribution in [0.1, 0.15) is 16.7 Å². The summed E-state index contributed by atoms with van der Waals surface area (Å²) in [4.78, 5) is 0. The molecule has 4 rings (SSSR count). The third-order valence-corrected chi connectivity index (χ3v) is 5.58. The molecule has 5 heteroatoms. The molecule has 0 aromatic heterocycles. The summed E-state index contributed by atoms with van der Waals surface area (Å²) in [6, 6.07) is 30.0. The molecule has 1 fully saturated rings. The maximum Gasteiger partial charge on any atom is 0.114 e. The average molecular weight is 434 g/mol. The lowest BCUT2D eigenvalue weighted by atomic mass is 9.98. The summed E-state index contributed by atoms with van der Waals surface area (Å²) in [6.07, 6.45) is -0.889. The minimum Gasteiger partial charge on any atom is -0.374 e. The van der Waals surface area contributed by atoms with Crippen LogP contribution in [-0.2, 0) is 38.8 Å². The first-order chi connectivity index (χ1) is 15.8. The van der Waals surface area contributed by atoms with Crippen molar-refractivity contribution >= 4 is 0 Å². The Balaban J connectivity index is 1.42. The van der Waals surface area contributed by atoms with E-state index in [1.807, 2.05) is 91.0 Å². The monoisotopic (exact) mass is 433 g/mol. The van der Waals surface area contributed by atoms with Gasteiger partial charge in [0.1, 0.15) is 18.3 Å². The Hall–Kier alpha value is -2.54. The Bertz CT molecular complexity index is 907. The number of ether oxygens (including phenoxy) is 4. The molecule has 1 aliphatic rings. The first-order valence-corrected chi connectivity index (χ1v) is 11.1. The minimum absolute atomic E-state index is 0.261. The Morgan fingerprint density at radius 2 is 1.12 bits per heavy atom. The zero-order chi connectivity index (χ0) is 22.0. The second-order valence-corrected chi connectivity index (χ2v) is 8.06. The van der Waals surface area contributed by atoms with E-state index >= 15 is 0 Å². The van der Waals surface area contributed by atoms with Crippen LogP contribution >= 0.6 is 0 Å². The van der Waals surface area contributed by atoms with Crippen molar-refractivity contribution in [3.05, 3.63) is 108 Å². The minimum atomic E-state index is -0.335. The van der Waals surface area contributed by atoms with Gasteiger partial charge in [-0.1, -0.05) is 91.0 Å². The van der Waals surface area contributed by atoms with E-state index in [0.29, 0.717) is 33.0 Å². The molecule has 2 N–H and O–H groups in total. The second-order valence-electron chi connectivity index (χ2n) is 8.06. The van der Waals surface area contributed by atoms with Crippen molar-refractivity contribution in [1.82, 2.24) is 0 Å². The summed E-state index contributed by atoms with van der Waals surface area (Å²) in [5, 5.41) is 0. The fourth-order valence-electron chi connectivity index (χ4n) is 3.84. The van der Waals surface area contributed by atoms with Crippen molar-refractivity contribution in [2.75, 3.05) is 13.2 Å². The maximum atomic E-state index is 6.41. The lowest BCUT2D eigenvalue weighted by molar-refractivity contribution is -0.204. The predicted octanol–water partition coefficient (Wildman–Crippen LogP) is 4.10. The van der Waals surface area contributed by atoms with E-state index in [1.54, 1.807) is 0 Å². The number of rotatable bonds is 10. The number of hydrogen-bond donors (Lipinski definition) is 1. The van der Waals surface area contributed by atoms with E-state index in [-0.39, 0.29) is 24.4 Å². The molecule has 0 bridgehead atoms. The molecule has 168 valence electrons. The molecule has 0 saturated carbocycles. The van der Waals surface area contributed by atoms with Crippen molar-refractivity contribution in [3.8, 4) is 0 Å². The van der Waals surface area contributed by atoms with Gasteiger partial charge in [0, 0.05) is 0 Å². The van der Waals surface area contributed by atoms with Crippen LogP contribution in [0.4, 0.5) is 0 Å². The van der Waals surface area contributed by atoms with Gasteiger partial charge in [0.2, 0.25) is 0 Å². The smallest absolute Gasteiger partial charge is 0.114 e. The highest BCUT2D eigenvalue weighted by Crippen LogP contribution is 2.24. The zero-order valence-electron chi connectivity index (χ0n) is 18.2. The quantitative estimate of drug-likeness (QED) is 0.522. The molecule has 0 aliphatic carbocycles. The fraction of sp³-hybridized carbons (Fsp3) is 0.333. The maximum absolute atomic E-state index is 6.41. The lowest BCUT2D eigenvalue weighted by Crippen LogP contribution is -2.59. The Morgan fingerprint density at radius 3 is 1.66 bits per heavy atom. The van der Waals surface area contributed by atoms with Crippen LogP contribution in [0, 0.1) is 0 Å². The normalized spacial score (nSPS) is 23.2. The summed E-state index contributed by atoms with van der Waals surface area (Å²) in [6.45, 7) is 2.27. The van der Waals surface area contributed by atoms with Crippen LogP contribution in [0.5, 0.6) is 0 Å². The van der Waals surface area contributed by atoms with Gasteiger partial charge in [-0.05, 0) is 16.7 Å². The molecule has 0 spiro atoms. The molecule has 3 aromatic rings. The van der Waals surface area contributed by atoms with Gasteiger partial charge in [0.25, 0.3) is 0 Å². The number of nitrogens with two attached hydrogens (primary N) is 1. The third-order valence-electron chi connectivity index (χ3n) is 5.58. The van der Waals surface area contributed by atoms with Crippen LogP contribution in [0.15, 0.2) is 91.0 Å². The number of hydrogen-bond acceptors (Lipinski definition) is 5. The first-order valence-electron chi connectivity index (χ1n) is 11.1. The van der Waals surface area contributed by atoms with E-state index in [4.69, 9.17) is 24.7 Å². The Morgan fingerprint density at radius 1 is 0.656 bits per heavy atom. The molecule has 5 nitrogen and oxygen atoms in total. The molecule has 1 heterocycles. The Kier molecular flexibility index (Phi) is 8.42. The summed E-state index contributed by atoms with van der Waals surface area (Å²) in [5.74, 6) is 0. The molecule has 1 saturated heterocycles. The van der Waals surface area contributed by atoms with Gasteiger partial charge in [0.15, 0.2) is 0 Å². The lowest BCUT2D eigenvalue weighted by Gasteiger charge is -2.41. The van der Waals surface area contributed by atoms with Gasteiger partial charge < -0.3 is 24.7 Å².